The van der Waals surface area contributed by atoms with Crippen molar-refractivity contribution in [3.05, 3.63) is 28.7 Å². The first-order valence-electron chi connectivity index (χ1n) is 7.50. The van der Waals surface area contributed by atoms with Crippen molar-refractivity contribution in [1.82, 2.24) is 10.2 Å². The van der Waals surface area contributed by atoms with E-state index in [2.05, 4.69) is 21.2 Å². The summed E-state index contributed by atoms with van der Waals surface area (Å²) < 4.78 is 6.58. The lowest BCUT2D eigenvalue weighted by atomic mass is 9.97. The second kappa shape index (κ2) is 10.1. The van der Waals surface area contributed by atoms with E-state index in [9.17, 15) is 4.79 Å². The first-order valence-corrected chi connectivity index (χ1v) is 8.29. The summed E-state index contributed by atoms with van der Waals surface area (Å²) in [4.78, 5) is 14.1. The number of hydrogen-bond acceptors (Lipinski definition) is 3. The number of piperidine rings is 1. The number of rotatable bonds is 6. The van der Waals surface area contributed by atoms with Gasteiger partial charge in [-0.1, -0.05) is 12.1 Å². The topological polar surface area (TPSA) is 41.6 Å². The second-order valence-corrected chi connectivity index (χ2v) is 6.27. The van der Waals surface area contributed by atoms with Gasteiger partial charge in [-0.05, 0) is 60.4 Å². The Balaban J connectivity index is 0.00000242. The molecule has 124 valence electrons. The van der Waals surface area contributed by atoms with Crippen molar-refractivity contribution < 1.29 is 9.53 Å². The molecular weight excluding hydrogens is 368 g/mol. The number of nitrogens with one attached hydrogen (secondary N) is 1. The van der Waals surface area contributed by atoms with Crippen LogP contribution in [0.3, 0.4) is 0 Å². The van der Waals surface area contributed by atoms with Crippen LogP contribution in [0.4, 0.5) is 0 Å². The zero-order valence-corrected chi connectivity index (χ0v) is 15.3. The van der Waals surface area contributed by atoms with Gasteiger partial charge in [0, 0.05) is 13.1 Å². The minimum Gasteiger partial charge on any atom is -0.492 e. The van der Waals surface area contributed by atoms with E-state index >= 15 is 0 Å². The molecule has 1 fully saturated rings. The first-order chi connectivity index (χ1) is 10.2. The van der Waals surface area contributed by atoms with E-state index in [1.165, 1.54) is 0 Å². The highest BCUT2D eigenvalue weighted by atomic mass is 79.9. The molecule has 2 rings (SSSR count). The van der Waals surface area contributed by atoms with E-state index in [1.807, 2.05) is 36.2 Å². The molecule has 0 radical (unpaired) electrons. The highest BCUT2D eigenvalue weighted by Gasteiger charge is 2.22. The smallest absolute Gasteiger partial charge is 0.225 e. The molecule has 1 heterocycles. The summed E-state index contributed by atoms with van der Waals surface area (Å²) in [5, 5.41) is 3.21. The summed E-state index contributed by atoms with van der Waals surface area (Å²) >= 11 is 3.44. The summed E-state index contributed by atoms with van der Waals surface area (Å²) in [6.45, 7) is 3.23. The molecule has 0 saturated carbocycles. The van der Waals surface area contributed by atoms with E-state index in [1.54, 1.807) is 0 Å². The van der Waals surface area contributed by atoms with Gasteiger partial charge >= 0.3 is 0 Å². The van der Waals surface area contributed by atoms with Gasteiger partial charge in [0.1, 0.15) is 5.75 Å². The van der Waals surface area contributed by atoms with Crippen LogP contribution >= 0.6 is 28.3 Å². The van der Waals surface area contributed by atoms with Gasteiger partial charge in [-0.2, -0.15) is 0 Å². The third-order valence-corrected chi connectivity index (χ3v) is 4.53. The third-order valence-electron chi connectivity index (χ3n) is 3.87. The maximum absolute atomic E-state index is 12.2. The molecule has 0 aromatic heterocycles. The maximum atomic E-state index is 12.2. The summed E-state index contributed by atoms with van der Waals surface area (Å²) in [6.07, 6.45) is 2.63. The van der Waals surface area contributed by atoms with Gasteiger partial charge in [0.25, 0.3) is 0 Å². The molecule has 0 atom stereocenters. The molecule has 1 aliphatic heterocycles. The van der Waals surface area contributed by atoms with Crippen LogP contribution in [0.2, 0.25) is 0 Å². The highest BCUT2D eigenvalue weighted by molar-refractivity contribution is 9.10. The van der Waals surface area contributed by atoms with Crippen molar-refractivity contribution in [2.45, 2.75) is 19.3 Å². The molecule has 1 aromatic carbocycles. The van der Waals surface area contributed by atoms with Crippen molar-refractivity contribution >= 4 is 34.2 Å². The van der Waals surface area contributed by atoms with Crippen LogP contribution in [0, 0.1) is 5.92 Å². The molecule has 22 heavy (non-hydrogen) atoms. The number of halogens is 2. The van der Waals surface area contributed by atoms with Gasteiger partial charge in [-0.3, -0.25) is 4.79 Å². The quantitative estimate of drug-likeness (QED) is 0.810. The van der Waals surface area contributed by atoms with Gasteiger partial charge < -0.3 is 15.0 Å². The number of benzene rings is 1. The molecule has 0 spiro atoms. The number of nitrogens with zero attached hydrogens (tertiary/aromatic N) is 1. The summed E-state index contributed by atoms with van der Waals surface area (Å²) in [6, 6.07) is 7.70. The van der Waals surface area contributed by atoms with Crippen molar-refractivity contribution in [1.29, 1.82) is 0 Å². The van der Waals surface area contributed by atoms with E-state index in [0.717, 1.165) is 42.7 Å². The minimum absolute atomic E-state index is 0. The lowest BCUT2D eigenvalue weighted by Crippen LogP contribution is -2.40. The van der Waals surface area contributed by atoms with Crippen LogP contribution in [0.5, 0.6) is 5.75 Å². The molecule has 0 bridgehead atoms. The largest absolute Gasteiger partial charge is 0.492 e. The summed E-state index contributed by atoms with van der Waals surface area (Å²) in [7, 11) is 1.98. The molecule has 4 nitrogen and oxygen atoms in total. The minimum atomic E-state index is 0. The predicted molar refractivity (Wildman–Crippen MR) is 94.7 cm³/mol. The van der Waals surface area contributed by atoms with Crippen LogP contribution in [0.15, 0.2) is 28.7 Å². The Bertz CT molecular complexity index is 465. The van der Waals surface area contributed by atoms with E-state index in [4.69, 9.17) is 4.74 Å². The van der Waals surface area contributed by atoms with Gasteiger partial charge in [0.05, 0.1) is 17.5 Å². The van der Waals surface area contributed by atoms with Crippen LogP contribution < -0.4 is 10.1 Å². The zero-order chi connectivity index (χ0) is 15.1. The van der Waals surface area contributed by atoms with Crippen LogP contribution in [-0.2, 0) is 4.79 Å². The molecule has 0 aliphatic carbocycles. The lowest BCUT2D eigenvalue weighted by Gasteiger charge is -2.32. The number of ether oxygens (including phenoxy) is 1. The molecule has 6 heteroatoms. The van der Waals surface area contributed by atoms with Crippen molar-refractivity contribution in [3.63, 3.8) is 0 Å². The van der Waals surface area contributed by atoms with Gasteiger partial charge in [-0.25, -0.2) is 0 Å². The SMILES string of the molecule is CNCC1CCN(C(=O)CCOc2ccccc2Br)CC1.Cl. The summed E-state index contributed by atoms with van der Waals surface area (Å²) in [5.41, 5.74) is 0. The van der Waals surface area contributed by atoms with Gasteiger partial charge in [0.2, 0.25) is 5.91 Å². The molecule has 1 saturated heterocycles. The molecule has 1 amide bonds. The summed E-state index contributed by atoms with van der Waals surface area (Å²) in [5.74, 6) is 1.69. The monoisotopic (exact) mass is 390 g/mol. The Morgan fingerprint density at radius 1 is 1.36 bits per heavy atom. The Kier molecular flexibility index (Phi) is 8.83. The van der Waals surface area contributed by atoms with E-state index in [-0.39, 0.29) is 18.3 Å². The second-order valence-electron chi connectivity index (χ2n) is 5.41. The Hall–Kier alpha value is -0.780. The highest BCUT2D eigenvalue weighted by Crippen LogP contribution is 2.24. The fourth-order valence-corrected chi connectivity index (χ4v) is 3.04. The lowest BCUT2D eigenvalue weighted by molar-refractivity contribution is -0.133. The van der Waals surface area contributed by atoms with E-state index < -0.39 is 0 Å². The average Bonchev–Trinajstić information content (AvgIpc) is 2.50. The number of likely N-dealkylation sites (tertiary alicyclic amines) is 1. The van der Waals surface area contributed by atoms with Crippen LogP contribution in [0.25, 0.3) is 0 Å². The normalized spacial score (nSPS) is 15.3. The third kappa shape index (κ3) is 5.78. The van der Waals surface area contributed by atoms with E-state index in [0.29, 0.717) is 18.9 Å². The number of amides is 1. The molecule has 0 unspecified atom stereocenters. The number of para-hydroxylation sites is 1. The molecule has 1 aliphatic rings. The standard InChI is InChI=1S/C16H23BrN2O2.ClH/c1-18-12-13-6-9-19(10-7-13)16(20)8-11-21-15-5-3-2-4-14(15)17;/h2-5,13,18H,6-12H2,1H3;1H. The fraction of sp³-hybridized carbons (Fsp3) is 0.562. The van der Waals surface area contributed by atoms with Gasteiger partial charge in [0.15, 0.2) is 0 Å². The number of hydrogen-bond donors (Lipinski definition) is 1. The predicted octanol–water partition coefficient (Wildman–Crippen LogP) is 3.10. The number of carbonyl (C=O) groups excluding carboxylic acids is 1. The first kappa shape index (κ1) is 19.3. The molecule has 1 N–H and O–H groups in total. The van der Waals surface area contributed by atoms with Crippen LogP contribution in [0.1, 0.15) is 19.3 Å². The zero-order valence-electron chi connectivity index (χ0n) is 12.9. The van der Waals surface area contributed by atoms with Crippen molar-refractivity contribution in [2.75, 3.05) is 33.3 Å². The molecular formula is C16H24BrClN2O2. The Labute approximate surface area is 147 Å². The molecule has 1 aromatic rings. The van der Waals surface area contributed by atoms with Crippen LogP contribution in [-0.4, -0.2) is 44.1 Å². The fourth-order valence-electron chi connectivity index (χ4n) is 2.64. The van der Waals surface area contributed by atoms with Crippen molar-refractivity contribution in [2.24, 2.45) is 5.92 Å². The van der Waals surface area contributed by atoms with Gasteiger partial charge in [-0.15, -0.1) is 12.4 Å². The number of carbonyl (C=O) groups is 1. The maximum Gasteiger partial charge on any atom is 0.225 e. The Morgan fingerprint density at radius 3 is 2.68 bits per heavy atom. The average molecular weight is 392 g/mol. The Morgan fingerprint density at radius 2 is 2.05 bits per heavy atom. The van der Waals surface area contributed by atoms with Crippen molar-refractivity contribution in [3.8, 4) is 5.75 Å².